The number of ether oxygens (including phenoxy) is 1. The Hall–Kier alpha value is -2.11. The highest BCUT2D eigenvalue weighted by Crippen LogP contribution is 2.25. The van der Waals surface area contributed by atoms with E-state index < -0.39 is 6.10 Å². The normalized spacial score (nSPS) is 12.2. The number of primary amides is 1. The van der Waals surface area contributed by atoms with Gasteiger partial charge in [-0.15, -0.1) is 0 Å². The van der Waals surface area contributed by atoms with Crippen LogP contribution in [-0.2, 0) is 4.79 Å². The van der Waals surface area contributed by atoms with Crippen LogP contribution in [-0.4, -0.2) is 36.8 Å². The first-order valence-corrected chi connectivity index (χ1v) is 7.44. The Bertz CT molecular complexity index is 610. The Morgan fingerprint density at radius 2 is 2.00 bits per heavy atom. The van der Waals surface area contributed by atoms with E-state index in [9.17, 15) is 9.90 Å². The molecule has 0 fully saturated rings. The van der Waals surface area contributed by atoms with Gasteiger partial charge in [-0.3, -0.25) is 4.79 Å². The van der Waals surface area contributed by atoms with E-state index in [0.29, 0.717) is 25.9 Å². The zero-order valence-electron chi connectivity index (χ0n) is 12.5. The molecule has 0 aliphatic rings. The van der Waals surface area contributed by atoms with E-state index in [4.69, 9.17) is 10.5 Å². The summed E-state index contributed by atoms with van der Waals surface area (Å²) in [5, 5.41) is 15.1. The lowest BCUT2D eigenvalue weighted by molar-refractivity contribution is -0.118. The van der Waals surface area contributed by atoms with Crippen LogP contribution in [0.5, 0.6) is 5.75 Å². The molecule has 22 heavy (non-hydrogen) atoms. The summed E-state index contributed by atoms with van der Waals surface area (Å²) in [6, 6.07) is 13.8. The Balaban J connectivity index is 1.76. The van der Waals surface area contributed by atoms with Crippen LogP contribution in [0.2, 0.25) is 0 Å². The molecule has 0 spiro atoms. The zero-order valence-corrected chi connectivity index (χ0v) is 12.5. The van der Waals surface area contributed by atoms with Gasteiger partial charge in [-0.1, -0.05) is 36.4 Å². The maximum Gasteiger partial charge on any atom is 0.217 e. The number of amides is 1. The average Bonchev–Trinajstić information content (AvgIpc) is 2.52. The summed E-state index contributed by atoms with van der Waals surface area (Å²) in [5.41, 5.74) is 5.06. The average molecular weight is 302 g/mol. The number of rotatable bonds is 9. The molecule has 0 unspecified atom stereocenters. The van der Waals surface area contributed by atoms with Gasteiger partial charge >= 0.3 is 0 Å². The maximum atomic E-state index is 10.6. The minimum atomic E-state index is -0.604. The van der Waals surface area contributed by atoms with Gasteiger partial charge < -0.3 is 20.9 Å². The predicted octanol–water partition coefficient (Wildman–Crippen LogP) is 1.43. The molecule has 2 rings (SSSR count). The molecule has 118 valence electrons. The fourth-order valence-electron chi connectivity index (χ4n) is 2.22. The van der Waals surface area contributed by atoms with E-state index >= 15 is 0 Å². The van der Waals surface area contributed by atoms with Gasteiger partial charge in [0.2, 0.25) is 5.91 Å². The van der Waals surface area contributed by atoms with Crippen molar-refractivity contribution in [2.24, 2.45) is 5.73 Å². The molecule has 0 saturated heterocycles. The molecule has 0 aliphatic heterocycles. The lowest BCUT2D eigenvalue weighted by Crippen LogP contribution is -2.32. The third kappa shape index (κ3) is 5.02. The van der Waals surface area contributed by atoms with Crippen LogP contribution in [0, 0.1) is 0 Å². The quantitative estimate of drug-likeness (QED) is 0.612. The number of hydrogen-bond acceptors (Lipinski definition) is 4. The van der Waals surface area contributed by atoms with Crippen LogP contribution in [0.1, 0.15) is 12.8 Å². The number of benzene rings is 2. The van der Waals surface area contributed by atoms with Crippen molar-refractivity contribution in [2.45, 2.75) is 18.9 Å². The molecular weight excluding hydrogens is 280 g/mol. The molecule has 0 aromatic heterocycles. The SMILES string of the molecule is NC(=O)CCCNC[C@@H](O)COc1cccc2ccccc12. The van der Waals surface area contributed by atoms with E-state index in [1.165, 1.54) is 0 Å². The Morgan fingerprint density at radius 1 is 1.23 bits per heavy atom. The highest BCUT2D eigenvalue weighted by atomic mass is 16.5. The van der Waals surface area contributed by atoms with E-state index in [-0.39, 0.29) is 12.5 Å². The number of nitrogens with two attached hydrogens (primary N) is 1. The van der Waals surface area contributed by atoms with E-state index in [1.54, 1.807) is 0 Å². The molecule has 1 atom stereocenters. The fraction of sp³-hybridized carbons (Fsp3) is 0.353. The number of hydrogen-bond donors (Lipinski definition) is 3. The summed E-state index contributed by atoms with van der Waals surface area (Å²) in [5.74, 6) is 0.465. The first-order chi connectivity index (χ1) is 10.7. The number of nitrogens with one attached hydrogen (secondary N) is 1. The minimum Gasteiger partial charge on any atom is -0.490 e. The predicted molar refractivity (Wildman–Crippen MR) is 86.7 cm³/mol. The van der Waals surface area contributed by atoms with Crippen molar-refractivity contribution in [2.75, 3.05) is 19.7 Å². The fourth-order valence-corrected chi connectivity index (χ4v) is 2.22. The number of aliphatic hydroxyl groups is 1. The van der Waals surface area contributed by atoms with Crippen LogP contribution >= 0.6 is 0 Å². The van der Waals surface area contributed by atoms with E-state index in [1.807, 2.05) is 42.5 Å². The second-order valence-corrected chi connectivity index (χ2v) is 5.22. The number of carbonyl (C=O) groups is 1. The van der Waals surface area contributed by atoms with Crippen molar-refractivity contribution in [3.05, 3.63) is 42.5 Å². The summed E-state index contributed by atoms with van der Waals surface area (Å²) in [6.45, 7) is 1.29. The molecule has 1 amide bonds. The molecule has 2 aromatic rings. The van der Waals surface area contributed by atoms with E-state index in [0.717, 1.165) is 16.5 Å². The Labute approximate surface area is 130 Å². The highest BCUT2D eigenvalue weighted by Gasteiger charge is 2.07. The summed E-state index contributed by atoms with van der Waals surface area (Å²) in [4.78, 5) is 10.6. The molecule has 5 heteroatoms. The first kappa shape index (κ1) is 16.3. The largest absolute Gasteiger partial charge is 0.490 e. The van der Waals surface area contributed by atoms with Crippen molar-refractivity contribution in [1.29, 1.82) is 0 Å². The molecule has 5 nitrogen and oxygen atoms in total. The zero-order chi connectivity index (χ0) is 15.8. The van der Waals surface area contributed by atoms with Gasteiger partial charge in [0.15, 0.2) is 0 Å². The molecular formula is C17H22N2O3. The summed E-state index contributed by atoms with van der Waals surface area (Å²) < 4.78 is 5.71. The first-order valence-electron chi connectivity index (χ1n) is 7.44. The summed E-state index contributed by atoms with van der Waals surface area (Å²) in [7, 11) is 0. The van der Waals surface area contributed by atoms with Gasteiger partial charge in [-0.25, -0.2) is 0 Å². The number of aliphatic hydroxyl groups excluding tert-OH is 1. The highest BCUT2D eigenvalue weighted by molar-refractivity contribution is 5.88. The summed E-state index contributed by atoms with van der Waals surface area (Å²) >= 11 is 0. The van der Waals surface area contributed by atoms with Crippen molar-refractivity contribution in [1.82, 2.24) is 5.32 Å². The van der Waals surface area contributed by atoms with Gasteiger partial charge in [0.25, 0.3) is 0 Å². The van der Waals surface area contributed by atoms with Crippen molar-refractivity contribution >= 4 is 16.7 Å². The molecule has 0 heterocycles. The number of carbonyl (C=O) groups excluding carboxylic acids is 1. The molecule has 0 bridgehead atoms. The standard InChI is InChI=1S/C17H22N2O3/c18-17(21)9-4-10-19-11-14(20)12-22-16-8-3-6-13-5-1-2-7-15(13)16/h1-3,5-8,14,19-20H,4,9-12H2,(H2,18,21)/t14-/m1/s1. The molecule has 0 saturated carbocycles. The number of fused-ring (bicyclic) bond motifs is 1. The van der Waals surface area contributed by atoms with E-state index in [2.05, 4.69) is 5.32 Å². The molecule has 0 radical (unpaired) electrons. The van der Waals surface area contributed by atoms with Crippen molar-refractivity contribution < 1.29 is 14.6 Å². The van der Waals surface area contributed by atoms with Crippen molar-refractivity contribution in [3.63, 3.8) is 0 Å². The maximum absolute atomic E-state index is 10.6. The van der Waals surface area contributed by atoms with Crippen LogP contribution in [0.4, 0.5) is 0 Å². The van der Waals surface area contributed by atoms with Crippen molar-refractivity contribution in [3.8, 4) is 5.75 Å². The van der Waals surface area contributed by atoms with Gasteiger partial charge in [0.05, 0.1) is 0 Å². The van der Waals surface area contributed by atoms with Crippen LogP contribution in [0.25, 0.3) is 10.8 Å². The van der Waals surface area contributed by atoms with Gasteiger partial charge in [-0.2, -0.15) is 0 Å². The van der Waals surface area contributed by atoms with Crippen LogP contribution in [0.15, 0.2) is 42.5 Å². The molecule has 4 N–H and O–H groups in total. The topological polar surface area (TPSA) is 84.6 Å². The van der Waals surface area contributed by atoms with Gasteiger partial charge in [0, 0.05) is 18.4 Å². The third-order valence-corrected chi connectivity index (χ3v) is 3.34. The Kier molecular flexibility index (Phi) is 6.18. The summed E-state index contributed by atoms with van der Waals surface area (Å²) in [6.07, 6.45) is 0.425. The molecule has 2 aromatic carbocycles. The minimum absolute atomic E-state index is 0.219. The second kappa shape index (κ2) is 8.36. The third-order valence-electron chi connectivity index (χ3n) is 3.34. The monoisotopic (exact) mass is 302 g/mol. The second-order valence-electron chi connectivity index (χ2n) is 5.22. The molecule has 0 aliphatic carbocycles. The lowest BCUT2D eigenvalue weighted by atomic mass is 10.1. The smallest absolute Gasteiger partial charge is 0.217 e. The van der Waals surface area contributed by atoms with Gasteiger partial charge in [-0.05, 0) is 24.4 Å². The lowest BCUT2D eigenvalue weighted by Gasteiger charge is -2.14. The van der Waals surface area contributed by atoms with Gasteiger partial charge in [0.1, 0.15) is 18.5 Å². The van der Waals surface area contributed by atoms with Crippen LogP contribution in [0.3, 0.4) is 0 Å². The van der Waals surface area contributed by atoms with Crippen LogP contribution < -0.4 is 15.8 Å². The Morgan fingerprint density at radius 3 is 2.82 bits per heavy atom.